The lowest BCUT2D eigenvalue weighted by molar-refractivity contribution is -0.122. The predicted molar refractivity (Wildman–Crippen MR) is 117 cm³/mol. The van der Waals surface area contributed by atoms with E-state index in [4.69, 9.17) is 0 Å². The van der Waals surface area contributed by atoms with Gasteiger partial charge in [-0.05, 0) is 42.8 Å². The molecule has 2 aromatic carbocycles. The minimum atomic E-state index is -0.353. The molecule has 10 heteroatoms. The van der Waals surface area contributed by atoms with Crippen molar-refractivity contribution in [3.8, 4) is 11.5 Å². The maximum atomic E-state index is 11.7. The van der Waals surface area contributed by atoms with Crippen molar-refractivity contribution in [3.63, 3.8) is 0 Å². The molecule has 0 aliphatic carbocycles. The average Bonchev–Trinajstić information content (AvgIpc) is 2.65. The standard InChI is InChI=1S/C19H18Br2N4O4/c20-14-6-4-12(16(26)8-14)10-22-24-18(28)2-1-3-19(29)25-23-11-13-5-7-15(21)9-17(13)27/h4-11,26-27H,1-3H2,(H,24,28)(H,25,29)/b22-10+,23-11+. The first-order valence-electron chi connectivity index (χ1n) is 8.46. The van der Waals surface area contributed by atoms with Crippen molar-refractivity contribution in [1.82, 2.24) is 10.9 Å². The molecule has 152 valence electrons. The quantitative estimate of drug-likeness (QED) is 0.311. The normalized spacial score (nSPS) is 11.1. The smallest absolute Gasteiger partial charge is 0.240 e. The Hall–Kier alpha value is -2.72. The Morgan fingerprint density at radius 2 is 1.24 bits per heavy atom. The van der Waals surface area contributed by atoms with E-state index < -0.39 is 0 Å². The van der Waals surface area contributed by atoms with Crippen molar-refractivity contribution in [2.24, 2.45) is 10.2 Å². The Balaban J connectivity index is 1.68. The number of aromatic hydroxyl groups is 2. The zero-order chi connectivity index (χ0) is 21.2. The second-order valence-corrected chi connectivity index (χ2v) is 7.68. The third-order valence-electron chi connectivity index (χ3n) is 3.58. The number of benzene rings is 2. The first-order valence-corrected chi connectivity index (χ1v) is 10.0. The second kappa shape index (κ2) is 11.3. The van der Waals surface area contributed by atoms with E-state index in [2.05, 4.69) is 52.9 Å². The summed E-state index contributed by atoms with van der Waals surface area (Å²) in [5, 5.41) is 27.0. The molecule has 0 aliphatic heterocycles. The molecule has 2 aromatic rings. The van der Waals surface area contributed by atoms with Gasteiger partial charge in [0.1, 0.15) is 11.5 Å². The molecular weight excluding hydrogens is 508 g/mol. The summed E-state index contributed by atoms with van der Waals surface area (Å²) >= 11 is 6.47. The molecule has 0 radical (unpaired) electrons. The molecule has 0 unspecified atom stereocenters. The molecular formula is C19H18Br2N4O4. The van der Waals surface area contributed by atoms with E-state index in [1.165, 1.54) is 24.6 Å². The highest BCUT2D eigenvalue weighted by atomic mass is 79.9. The third kappa shape index (κ3) is 8.04. The van der Waals surface area contributed by atoms with Crippen LogP contribution in [0.4, 0.5) is 0 Å². The fourth-order valence-electron chi connectivity index (χ4n) is 2.12. The van der Waals surface area contributed by atoms with Crippen molar-refractivity contribution >= 4 is 56.1 Å². The lowest BCUT2D eigenvalue weighted by Gasteiger charge is -2.02. The topological polar surface area (TPSA) is 123 Å². The van der Waals surface area contributed by atoms with Gasteiger partial charge in [0.2, 0.25) is 11.8 Å². The number of nitrogens with zero attached hydrogens (tertiary/aromatic N) is 2. The highest BCUT2D eigenvalue weighted by molar-refractivity contribution is 9.10. The first kappa shape index (κ1) is 22.6. The molecule has 2 rings (SSSR count). The number of hydrogen-bond donors (Lipinski definition) is 4. The Morgan fingerprint density at radius 3 is 1.62 bits per heavy atom. The number of nitrogens with one attached hydrogen (secondary N) is 2. The number of hydrogen-bond acceptors (Lipinski definition) is 6. The van der Waals surface area contributed by atoms with Crippen LogP contribution in [0.3, 0.4) is 0 Å². The van der Waals surface area contributed by atoms with E-state index >= 15 is 0 Å². The number of rotatable bonds is 8. The number of halogens is 2. The van der Waals surface area contributed by atoms with Crippen LogP contribution in [0.1, 0.15) is 30.4 Å². The summed E-state index contributed by atoms with van der Waals surface area (Å²) in [6.07, 6.45) is 3.19. The van der Waals surface area contributed by atoms with Crippen molar-refractivity contribution in [1.29, 1.82) is 0 Å². The maximum absolute atomic E-state index is 11.7. The van der Waals surface area contributed by atoms with E-state index in [-0.39, 0.29) is 36.2 Å². The summed E-state index contributed by atoms with van der Waals surface area (Å²) in [7, 11) is 0. The minimum absolute atomic E-state index is 0.0334. The summed E-state index contributed by atoms with van der Waals surface area (Å²) in [6, 6.07) is 9.80. The van der Waals surface area contributed by atoms with Crippen LogP contribution in [0, 0.1) is 0 Å². The second-order valence-electron chi connectivity index (χ2n) is 5.85. The summed E-state index contributed by atoms with van der Waals surface area (Å²) in [4.78, 5) is 23.5. The molecule has 2 amide bonds. The summed E-state index contributed by atoms with van der Waals surface area (Å²) in [6.45, 7) is 0. The molecule has 29 heavy (non-hydrogen) atoms. The van der Waals surface area contributed by atoms with Crippen LogP contribution in [0.5, 0.6) is 11.5 Å². The van der Waals surface area contributed by atoms with Crippen LogP contribution in [0.2, 0.25) is 0 Å². The van der Waals surface area contributed by atoms with Gasteiger partial charge in [-0.25, -0.2) is 10.9 Å². The summed E-state index contributed by atoms with van der Waals surface area (Å²) in [5.41, 5.74) is 5.60. The van der Waals surface area contributed by atoms with E-state index in [0.29, 0.717) is 17.5 Å². The van der Waals surface area contributed by atoms with Gasteiger partial charge in [0, 0.05) is 32.9 Å². The van der Waals surface area contributed by atoms with Crippen LogP contribution in [0.25, 0.3) is 0 Å². The average molecular weight is 526 g/mol. The fraction of sp³-hybridized carbons (Fsp3) is 0.158. The van der Waals surface area contributed by atoms with Crippen LogP contribution in [0.15, 0.2) is 55.5 Å². The highest BCUT2D eigenvalue weighted by Crippen LogP contribution is 2.21. The molecule has 0 atom stereocenters. The van der Waals surface area contributed by atoms with E-state index in [1.54, 1.807) is 24.3 Å². The molecule has 0 aromatic heterocycles. The number of carbonyl (C=O) groups is 2. The zero-order valence-electron chi connectivity index (χ0n) is 15.1. The van der Waals surface area contributed by atoms with Crippen LogP contribution in [-0.4, -0.2) is 34.5 Å². The number of phenols is 2. The number of hydrazone groups is 2. The Morgan fingerprint density at radius 1 is 0.828 bits per heavy atom. The van der Waals surface area contributed by atoms with Crippen LogP contribution >= 0.6 is 31.9 Å². The molecule has 0 aliphatic rings. The number of phenolic OH excluding ortho intramolecular Hbond substituents is 2. The lowest BCUT2D eigenvalue weighted by atomic mass is 10.2. The van der Waals surface area contributed by atoms with Gasteiger partial charge in [-0.1, -0.05) is 31.9 Å². The van der Waals surface area contributed by atoms with Gasteiger partial charge < -0.3 is 10.2 Å². The monoisotopic (exact) mass is 524 g/mol. The fourth-order valence-corrected chi connectivity index (χ4v) is 2.82. The van der Waals surface area contributed by atoms with E-state index in [0.717, 1.165) is 8.95 Å². The third-order valence-corrected chi connectivity index (χ3v) is 4.56. The Kier molecular flexibility index (Phi) is 8.81. The van der Waals surface area contributed by atoms with Gasteiger partial charge >= 0.3 is 0 Å². The predicted octanol–water partition coefficient (Wildman–Crippen LogP) is 3.39. The molecule has 0 fully saturated rings. The van der Waals surface area contributed by atoms with Crippen molar-refractivity contribution in [2.45, 2.75) is 19.3 Å². The first-order chi connectivity index (χ1) is 13.8. The molecule has 4 N–H and O–H groups in total. The molecule has 0 spiro atoms. The van der Waals surface area contributed by atoms with Crippen LogP contribution < -0.4 is 10.9 Å². The molecule has 0 saturated heterocycles. The van der Waals surface area contributed by atoms with Crippen molar-refractivity contribution < 1.29 is 19.8 Å². The minimum Gasteiger partial charge on any atom is -0.507 e. The molecule has 0 saturated carbocycles. The van der Waals surface area contributed by atoms with Gasteiger partial charge in [0.25, 0.3) is 0 Å². The van der Waals surface area contributed by atoms with Gasteiger partial charge in [0.15, 0.2) is 0 Å². The molecule has 8 nitrogen and oxygen atoms in total. The lowest BCUT2D eigenvalue weighted by Crippen LogP contribution is -2.20. The van der Waals surface area contributed by atoms with E-state index in [1.807, 2.05) is 0 Å². The number of amides is 2. The Labute approximate surface area is 184 Å². The van der Waals surface area contributed by atoms with Crippen molar-refractivity contribution in [3.05, 3.63) is 56.5 Å². The summed E-state index contributed by atoms with van der Waals surface area (Å²) in [5.74, 6) is -0.639. The van der Waals surface area contributed by atoms with Gasteiger partial charge in [-0.3, -0.25) is 9.59 Å². The summed E-state index contributed by atoms with van der Waals surface area (Å²) < 4.78 is 1.46. The maximum Gasteiger partial charge on any atom is 0.240 e. The van der Waals surface area contributed by atoms with E-state index in [9.17, 15) is 19.8 Å². The van der Waals surface area contributed by atoms with Crippen molar-refractivity contribution in [2.75, 3.05) is 0 Å². The van der Waals surface area contributed by atoms with Gasteiger partial charge in [-0.15, -0.1) is 0 Å². The van der Waals surface area contributed by atoms with Gasteiger partial charge in [0.05, 0.1) is 12.4 Å². The largest absolute Gasteiger partial charge is 0.507 e. The zero-order valence-corrected chi connectivity index (χ0v) is 18.3. The van der Waals surface area contributed by atoms with Gasteiger partial charge in [-0.2, -0.15) is 10.2 Å². The SMILES string of the molecule is O=C(CCCC(=O)N/N=C/c1ccc(Br)cc1O)N/N=C/c1ccc(Br)cc1O. The van der Waals surface area contributed by atoms with Crippen LogP contribution in [-0.2, 0) is 9.59 Å². The Bertz CT molecular complexity index is 872. The molecule has 0 heterocycles. The highest BCUT2D eigenvalue weighted by Gasteiger charge is 2.05. The number of carbonyl (C=O) groups excluding carboxylic acids is 2. The molecule has 0 bridgehead atoms.